The van der Waals surface area contributed by atoms with Crippen molar-refractivity contribution in [1.29, 1.82) is 0 Å². The largest absolute Gasteiger partial charge is 0.370 e. The van der Waals surface area contributed by atoms with Gasteiger partial charge in [0.05, 0.1) is 0 Å². The predicted octanol–water partition coefficient (Wildman–Crippen LogP) is 3.61. The summed E-state index contributed by atoms with van der Waals surface area (Å²) >= 11 is 1.98. The monoisotopic (exact) mass is 294 g/mol. The molecule has 2 N–H and O–H groups in total. The van der Waals surface area contributed by atoms with Crippen LogP contribution in [0.5, 0.6) is 0 Å². The summed E-state index contributed by atoms with van der Waals surface area (Å²) in [5, 5.41) is 6.94. The molecule has 1 aromatic rings. The zero-order valence-electron chi connectivity index (χ0n) is 13.0. The van der Waals surface area contributed by atoms with Crippen LogP contribution >= 0.6 is 11.8 Å². The first-order chi connectivity index (χ1) is 9.60. The number of aromatic nitrogens is 2. The van der Waals surface area contributed by atoms with Crippen LogP contribution < -0.4 is 10.6 Å². The first-order valence-corrected chi connectivity index (χ1v) is 8.71. The SMILES string of the molecule is CCCNc1nc(C)nc(NCC2(SC)CCC2)c1C. The van der Waals surface area contributed by atoms with Crippen LogP contribution in [0.2, 0.25) is 0 Å². The summed E-state index contributed by atoms with van der Waals surface area (Å²) in [6.45, 7) is 8.15. The lowest BCUT2D eigenvalue weighted by atomic mass is 9.84. The Hall–Kier alpha value is -0.970. The molecule has 5 heteroatoms. The Balaban J connectivity index is 2.08. The van der Waals surface area contributed by atoms with Crippen molar-refractivity contribution in [1.82, 2.24) is 9.97 Å². The second kappa shape index (κ2) is 6.66. The lowest BCUT2D eigenvalue weighted by Gasteiger charge is -2.40. The Morgan fingerprint density at radius 1 is 1.15 bits per heavy atom. The van der Waals surface area contributed by atoms with Crippen molar-refractivity contribution >= 4 is 23.4 Å². The molecule has 0 amide bonds. The van der Waals surface area contributed by atoms with E-state index in [1.165, 1.54) is 19.3 Å². The normalized spacial score (nSPS) is 16.6. The summed E-state index contributed by atoms with van der Waals surface area (Å²) < 4.78 is 0.419. The molecule has 20 heavy (non-hydrogen) atoms. The highest BCUT2D eigenvalue weighted by Crippen LogP contribution is 2.42. The quantitative estimate of drug-likeness (QED) is 0.804. The first-order valence-electron chi connectivity index (χ1n) is 7.48. The van der Waals surface area contributed by atoms with Crippen LogP contribution in [0.3, 0.4) is 0 Å². The topological polar surface area (TPSA) is 49.8 Å². The molecule has 1 aliphatic carbocycles. The maximum atomic E-state index is 4.57. The standard InChI is InChI=1S/C15H26N4S/c1-5-9-16-13-11(2)14(19-12(3)18-13)17-10-15(20-4)7-6-8-15/h5-10H2,1-4H3,(H2,16,17,18,19). The minimum atomic E-state index is 0.419. The molecule has 2 rings (SSSR count). The minimum absolute atomic E-state index is 0.419. The van der Waals surface area contributed by atoms with E-state index in [1.807, 2.05) is 18.7 Å². The van der Waals surface area contributed by atoms with Crippen molar-refractivity contribution in [3.8, 4) is 0 Å². The molecule has 0 aliphatic heterocycles. The van der Waals surface area contributed by atoms with Gasteiger partial charge >= 0.3 is 0 Å². The average Bonchev–Trinajstić information content (AvgIpc) is 2.39. The number of anilines is 2. The van der Waals surface area contributed by atoms with E-state index in [4.69, 9.17) is 0 Å². The van der Waals surface area contributed by atoms with Gasteiger partial charge in [-0.2, -0.15) is 11.8 Å². The van der Waals surface area contributed by atoms with E-state index in [0.717, 1.165) is 42.5 Å². The van der Waals surface area contributed by atoms with Crippen molar-refractivity contribution in [2.75, 3.05) is 30.0 Å². The van der Waals surface area contributed by atoms with Crippen molar-refractivity contribution in [3.05, 3.63) is 11.4 Å². The Morgan fingerprint density at radius 3 is 2.30 bits per heavy atom. The van der Waals surface area contributed by atoms with Crippen LogP contribution in [0.1, 0.15) is 44.0 Å². The molecule has 1 aliphatic rings. The number of aryl methyl sites for hydroxylation is 1. The zero-order chi connectivity index (χ0) is 14.6. The van der Waals surface area contributed by atoms with Gasteiger partial charge in [0.2, 0.25) is 0 Å². The Morgan fingerprint density at radius 2 is 1.80 bits per heavy atom. The van der Waals surface area contributed by atoms with Crippen molar-refractivity contribution in [3.63, 3.8) is 0 Å². The fourth-order valence-electron chi connectivity index (χ4n) is 2.49. The summed E-state index contributed by atoms with van der Waals surface area (Å²) in [7, 11) is 0. The second-order valence-corrected chi connectivity index (χ2v) is 6.89. The van der Waals surface area contributed by atoms with Gasteiger partial charge in [-0.15, -0.1) is 0 Å². The van der Waals surface area contributed by atoms with Crippen LogP contribution in [0.25, 0.3) is 0 Å². The second-order valence-electron chi connectivity index (χ2n) is 5.61. The molecule has 0 spiro atoms. The zero-order valence-corrected chi connectivity index (χ0v) is 13.9. The van der Waals surface area contributed by atoms with E-state index in [-0.39, 0.29) is 0 Å². The molecule has 0 radical (unpaired) electrons. The molecule has 1 heterocycles. The predicted molar refractivity (Wildman–Crippen MR) is 88.9 cm³/mol. The van der Waals surface area contributed by atoms with Gasteiger partial charge in [-0.1, -0.05) is 13.3 Å². The molecule has 1 fully saturated rings. The molecular formula is C15H26N4S. The van der Waals surface area contributed by atoms with Crippen LogP contribution in [-0.2, 0) is 0 Å². The Bertz CT molecular complexity index is 452. The Labute approximate surface area is 126 Å². The highest BCUT2D eigenvalue weighted by atomic mass is 32.2. The number of hydrogen-bond acceptors (Lipinski definition) is 5. The fraction of sp³-hybridized carbons (Fsp3) is 0.733. The maximum absolute atomic E-state index is 4.57. The van der Waals surface area contributed by atoms with Crippen LogP contribution in [-0.4, -0.2) is 34.1 Å². The van der Waals surface area contributed by atoms with Gasteiger partial charge in [-0.3, -0.25) is 0 Å². The third kappa shape index (κ3) is 3.37. The van der Waals surface area contributed by atoms with Gasteiger partial charge in [-0.05, 0) is 39.4 Å². The molecule has 4 nitrogen and oxygen atoms in total. The molecule has 1 aromatic heterocycles. The number of nitrogens with zero attached hydrogens (tertiary/aromatic N) is 2. The highest BCUT2D eigenvalue weighted by Gasteiger charge is 2.36. The molecule has 1 saturated carbocycles. The highest BCUT2D eigenvalue weighted by molar-refractivity contribution is 8.00. The van der Waals surface area contributed by atoms with E-state index >= 15 is 0 Å². The number of rotatable bonds is 7. The van der Waals surface area contributed by atoms with Crippen LogP contribution in [0.4, 0.5) is 11.6 Å². The average molecular weight is 294 g/mol. The smallest absolute Gasteiger partial charge is 0.134 e. The lowest BCUT2D eigenvalue weighted by Crippen LogP contribution is -2.40. The van der Waals surface area contributed by atoms with Crippen molar-refractivity contribution in [2.45, 2.75) is 51.2 Å². The molecule has 0 aromatic carbocycles. The minimum Gasteiger partial charge on any atom is -0.370 e. The first kappa shape index (κ1) is 15.4. The maximum Gasteiger partial charge on any atom is 0.134 e. The summed E-state index contributed by atoms with van der Waals surface area (Å²) in [6.07, 6.45) is 7.29. The van der Waals surface area contributed by atoms with E-state index in [0.29, 0.717) is 4.75 Å². The van der Waals surface area contributed by atoms with E-state index in [1.54, 1.807) is 0 Å². The fourth-order valence-corrected chi connectivity index (χ4v) is 3.40. The van der Waals surface area contributed by atoms with Gasteiger partial charge in [0.1, 0.15) is 17.5 Å². The summed E-state index contributed by atoms with van der Waals surface area (Å²) in [5.74, 6) is 2.77. The van der Waals surface area contributed by atoms with Gasteiger partial charge < -0.3 is 10.6 Å². The Kier molecular flexibility index (Phi) is 5.13. The van der Waals surface area contributed by atoms with E-state index in [9.17, 15) is 0 Å². The number of hydrogen-bond donors (Lipinski definition) is 2. The molecule has 0 unspecified atom stereocenters. The molecular weight excluding hydrogens is 268 g/mol. The van der Waals surface area contributed by atoms with Crippen LogP contribution in [0.15, 0.2) is 0 Å². The van der Waals surface area contributed by atoms with Crippen molar-refractivity contribution in [2.24, 2.45) is 0 Å². The van der Waals surface area contributed by atoms with Gasteiger partial charge in [0.25, 0.3) is 0 Å². The summed E-state index contributed by atoms with van der Waals surface area (Å²) in [4.78, 5) is 9.07. The lowest BCUT2D eigenvalue weighted by molar-refractivity contribution is 0.379. The number of thioether (sulfide) groups is 1. The van der Waals surface area contributed by atoms with Crippen molar-refractivity contribution < 1.29 is 0 Å². The van der Waals surface area contributed by atoms with E-state index in [2.05, 4.69) is 40.7 Å². The summed E-state index contributed by atoms with van der Waals surface area (Å²) in [6, 6.07) is 0. The summed E-state index contributed by atoms with van der Waals surface area (Å²) in [5.41, 5.74) is 1.12. The van der Waals surface area contributed by atoms with Gasteiger partial charge in [0.15, 0.2) is 0 Å². The van der Waals surface area contributed by atoms with E-state index < -0.39 is 0 Å². The molecule has 0 saturated heterocycles. The van der Waals surface area contributed by atoms with Crippen LogP contribution in [0, 0.1) is 13.8 Å². The molecule has 0 atom stereocenters. The third-order valence-electron chi connectivity index (χ3n) is 4.08. The molecule has 112 valence electrons. The van der Waals surface area contributed by atoms with Gasteiger partial charge in [0, 0.05) is 23.4 Å². The number of nitrogens with one attached hydrogen (secondary N) is 2. The van der Waals surface area contributed by atoms with Gasteiger partial charge in [-0.25, -0.2) is 9.97 Å². The molecule has 0 bridgehead atoms. The third-order valence-corrected chi connectivity index (χ3v) is 5.49.